The summed E-state index contributed by atoms with van der Waals surface area (Å²) >= 11 is 0. The molecule has 2 aromatic carbocycles. The quantitative estimate of drug-likeness (QED) is 0.808. The number of nitrogens with one attached hydrogen (secondary N) is 1. The van der Waals surface area contributed by atoms with Gasteiger partial charge >= 0.3 is 6.09 Å². The fourth-order valence-corrected chi connectivity index (χ4v) is 5.01. The zero-order valence-electron chi connectivity index (χ0n) is 17.4. The highest BCUT2D eigenvalue weighted by molar-refractivity contribution is 5.71. The van der Waals surface area contributed by atoms with Gasteiger partial charge in [-0.3, -0.25) is 4.90 Å². The van der Waals surface area contributed by atoms with Crippen molar-refractivity contribution in [3.05, 3.63) is 53.8 Å². The van der Waals surface area contributed by atoms with E-state index in [0.29, 0.717) is 11.7 Å². The highest BCUT2D eigenvalue weighted by Crippen LogP contribution is 2.44. The molecule has 2 atom stereocenters. The molecule has 1 unspecified atom stereocenters. The predicted molar refractivity (Wildman–Crippen MR) is 112 cm³/mol. The fourth-order valence-electron chi connectivity index (χ4n) is 5.01. The van der Waals surface area contributed by atoms with Gasteiger partial charge in [-0.2, -0.15) is 0 Å². The highest BCUT2D eigenvalue weighted by atomic mass is 19.1. The van der Waals surface area contributed by atoms with E-state index < -0.39 is 11.7 Å². The van der Waals surface area contributed by atoms with Gasteiger partial charge in [0.25, 0.3) is 0 Å². The Hall–Kier alpha value is -2.60. The molecule has 4 heterocycles. The highest BCUT2D eigenvalue weighted by Gasteiger charge is 2.43. The van der Waals surface area contributed by atoms with Crippen LogP contribution in [0.3, 0.4) is 0 Å². The van der Waals surface area contributed by atoms with Crippen LogP contribution in [0.2, 0.25) is 0 Å². The van der Waals surface area contributed by atoms with Crippen molar-refractivity contribution in [1.82, 2.24) is 10.2 Å². The largest absolute Gasteiger partial charge is 0.485 e. The number of alkyl carbamates (subject to hydrolysis) is 1. The van der Waals surface area contributed by atoms with Crippen LogP contribution in [0.1, 0.15) is 38.3 Å². The Labute approximate surface area is 176 Å². The zero-order valence-corrected chi connectivity index (χ0v) is 17.4. The summed E-state index contributed by atoms with van der Waals surface area (Å²) in [5.41, 5.74) is 1.96. The SMILES string of the molecule is CC1(C)Oc2cc(-c3cccc(F)c3)ccc2C1NC(=O)O[C@@H]1CN2CCC1CC2. The van der Waals surface area contributed by atoms with E-state index in [9.17, 15) is 9.18 Å². The number of fused-ring (bicyclic) bond motifs is 4. The van der Waals surface area contributed by atoms with Crippen LogP contribution >= 0.6 is 0 Å². The van der Waals surface area contributed by atoms with Gasteiger partial charge in [0.05, 0.1) is 0 Å². The third kappa shape index (κ3) is 3.54. The van der Waals surface area contributed by atoms with Gasteiger partial charge in [0.15, 0.2) is 0 Å². The standard InChI is InChI=1S/C24H27FN2O3/c1-24(2)22(26-23(28)29-21-14-27-10-8-15(21)9-11-27)19-7-6-17(13-20(19)30-24)16-4-3-5-18(25)12-16/h3-7,12-13,15,21-22H,8-11,14H2,1-2H3,(H,26,28)/t21-,22?/m1/s1. The Morgan fingerprint density at radius 2 is 1.93 bits per heavy atom. The van der Waals surface area contributed by atoms with Crippen molar-refractivity contribution in [2.75, 3.05) is 19.6 Å². The number of nitrogens with zero attached hydrogens (tertiary/aromatic N) is 1. The number of benzene rings is 2. The monoisotopic (exact) mass is 410 g/mol. The summed E-state index contributed by atoms with van der Waals surface area (Å²) in [6.45, 7) is 6.95. The van der Waals surface area contributed by atoms with E-state index in [4.69, 9.17) is 9.47 Å². The first kappa shape index (κ1) is 19.4. The van der Waals surface area contributed by atoms with Crippen molar-refractivity contribution in [1.29, 1.82) is 0 Å². The minimum Gasteiger partial charge on any atom is -0.485 e. The lowest BCUT2D eigenvalue weighted by atomic mass is 9.86. The summed E-state index contributed by atoms with van der Waals surface area (Å²) in [6.07, 6.45) is 1.77. The molecule has 0 saturated carbocycles. The van der Waals surface area contributed by atoms with Gasteiger partial charge in [-0.25, -0.2) is 9.18 Å². The summed E-state index contributed by atoms with van der Waals surface area (Å²) < 4.78 is 25.6. The second kappa shape index (κ2) is 7.27. The minimum absolute atomic E-state index is 0.0345. The van der Waals surface area contributed by atoms with Crippen molar-refractivity contribution in [2.45, 2.75) is 44.4 Å². The number of carbonyl (C=O) groups is 1. The zero-order chi connectivity index (χ0) is 20.9. The van der Waals surface area contributed by atoms with Crippen molar-refractivity contribution in [2.24, 2.45) is 5.92 Å². The number of halogens is 1. The Morgan fingerprint density at radius 1 is 1.17 bits per heavy atom. The Balaban J connectivity index is 1.33. The molecular weight excluding hydrogens is 383 g/mol. The number of ether oxygens (including phenoxy) is 2. The fraction of sp³-hybridized carbons (Fsp3) is 0.458. The maximum absolute atomic E-state index is 13.6. The van der Waals surface area contributed by atoms with Crippen LogP contribution in [0.5, 0.6) is 5.75 Å². The first-order chi connectivity index (χ1) is 14.4. The van der Waals surface area contributed by atoms with Gasteiger partial charge in [-0.1, -0.05) is 24.3 Å². The minimum atomic E-state index is -0.614. The lowest BCUT2D eigenvalue weighted by Crippen LogP contribution is -2.53. The summed E-state index contributed by atoms with van der Waals surface area (Å²) in [5.74, 6) is 0.897. The number of rotatable bonds is 3. The molecule has 6 heteroatoms. The Morgan fingerprint density at radius 3 is 2.63 bits per heavy atom. The molecule has 6 rings (SSSR count). The molecule has 2 bridgehead atoms. The number of carbonyl (C=O) groups excluding carboxylic acids is 1. The number of hydrogen-bond donors (Lipinski definition) is 1. The molecule has 4 aliphatic heterocycles. The number of amides is 1. The Bertz CT molecular complexity index is 969. The van der Waals surface area contributed by atoms with Crippen LogP contribution < -0.4 is 10.1 Å². The van der Waals surface area contributed by atoms with Crippen molar-refractivity contribution in [3.63, 3.8) is 0 Å². The molecule has 3 fully saturated rings. The molecule has 4 aliphatic rings. The molecule has 5 nitrogen and oxygen atoms in total. The van der Waals surface area contributed by atoms with Gasteiger partial charge in [0.1, 0.15) is 29.3 Å². The number of piperidine rings is 3. The lowest BCUT2D eigenvalue weighted by Gasteiger charge is -2.44. The topological polar surface area (TPSA) is 50.8 Å². The van der Waals surface area contributed by atoms with Crippen LogP contribution in [-0.2, 0) is 4.74 Å². The molecule has 2 aromatic rings. The predicted octanol–water partition coefficient (Wildman–Crippen LogP) is 4.53. The summed E-state index contributed by atoms with van der Waals surface area (Å²) in [4.78, 5) is 15.1. The average molecular weight is 410 g/mol. The molecule has 0 spiro atoms. The third-order valence-electron chi connectivity index (χ3n) is 6.67. The van der Waals surface area contributed by atoms with E-state index in [0.717, 1.165) is 49.2 Å². The second-order valence-electron chi connectivity index (χ2n) is 9.13. The molecule has 30 heavy (non-hydrogen) atoms. The molecular formula is C24H27FN2O3. The normalized spacial score (nSPS) is 28.5. The van der Waals surface area contributed by atoms with E-state index >= 15 is 0 Å². The summed E-state index contributed by atoms with van der Waals surface area (Å²) in [6, 6.07) is 12.0. The smallest absolute Gasteiger partial charge is 0.408 e. The molecule has 0 aliphatic carbocycles. The summed E-state index contributed by atoms with van der Waals surface area (Å²) in [5, 5.41) is 3.04. The third-order valence-corrected chi connectivity index (χ3v) is 6.67. The maximum Gasteiger partial charge on any atom is 0.408 e. The lowest BCUT2D eigenvalue weighted by molar-refractivity contribution is -0.0358. The molecule has 0 aromatic heterocycles. The van der Waals surface area contributed by atoms with Gasteiger partial charge in [-0.05, 0) is 75.0 Å². The van der Waals surface area contributed by atoms with Gasteiger partial charge in [0, 0.05) is 12.1 Å². The molecule has 0 radical (unpaired) electrons. The molecule has 3 saturated heterocycles. The first-order valence-corrected chi connectivity index (χ1v) is 10.7. The summed E-state index contributed by atoms with van der Waals surface area (Å²) in [7, 11) is 0. The molecule has 158 valence electrons. The van der Waals surface area contributed by atoms with Crippen molar-refractivity contribution in [3.8, 4) is 16.9 Å². The average Bonchev–Trinajstić information content (AvgIpc) is 2.97. The Kier molecular flexibility index (Phi) is 4.69. The van der Waals surface area contributed by atoms with Gasteiger partial charge < -0.3 is 14.8 Å². The van der Waals surface area contributed by atoms with Gasteiger partial charge in [0.2, 0.25) is 0 Å². The van der Waals surface area contributed by atoms with E-state index in [-0.39, 0.29) is 18.0 Å². The maximum atomic E-state index is 13.6. The van der Waals surface area contributed by atoms with Crippen molar-refractivity contribution < 1.29 is 18.7 Å². The van der Waals surface area contributed by atoms with Crippen LogP contribution in [0.15, 0.2) is 42.5 Å². The van der Waals surface area contributed by atoms with E-state index in [1.807, 2.05) is 38.1 Å². The van der Waals surface area contributed by atoms with Crippen LogP contribution in [0, 0.1) is 11.7 Å². The van der Waals surface area contributed by atoms with Gasteiger partial charge in [-0.15, -0.1) is 0 Å². The van der Waals surface area contributed by atoms with E-state index in [1.165, 1.54) is 12.1 Å². The number of hydrogen-bond acceptors (Lipinski definition) is 4. The van der Waals surface area contributed by atoms with Crippen LogP contribution in [0.4, 0.5) is 9.18 Å². The molecule has 1 amide bonds. The second-order valence-corrected chi connectivity index (χ2v) is 9.13. The van der Waals surface area contributed by atoms with E-state index in [1.54, 1.807) is 6.07 Å². The van der Waals surface area contributed by atoms with Crippen molar-refractivity contribution >= 4 is 6.09 Å². The van der Waals surface area contributed by atoms with E-state index in [2.05, 4.69) is 10.2 Å². The molecule has 1 N–H and O–H groups in total. The first-order valence-electron chi connectivity index (χ1n) is 10.7. The van der Waals surface area contributed by atoms with Crippen LogP contribution in [-0.4, -0.2) is 42.3 Å². The van der Waals surface area contributed by atoms with Crippen LogP contribution in [0.25, 0.3) is 11.1 Å².